The van der Waals surface area contributed by atoms with Crippen LogP contribution in [0.4, 0.5) is 0 Å². The average molecular weight is 368 g/mol. The van der Waals surface area contributed by atoms with E-state index in [1.165, 1.54) is 11.8 Å². The summed E-state index contributed by atoms with van der Waals surface area (Å²) in [5.41, 5.74) is 2.91. The van der Waals surface area contributed by atoms with E-state index in [0.717, 1.165) is 17.0 Å². The maximum absolute atomic E-state index is 5.30. The Kier molecular flexibility index (Phi) is 5.68. The fraction of sp³-hybridized carbons (Fsp3) is 0.263. The minimum absolute atomic E-state index is 0.193. The molecule has 0 radical (unpaired) electrons. The first-order valence-corrected chi connectivity index (χ1v) is 8.98. The van der Waals surface area contributed by atoms with E-state index in [9.17, 15) is 0 Å². The molecule has 0 aliphatic heterocycles. The third-order valence-electron chi connectivity index (χ3n) is 3.64. The van der Waals surface area contributed by atoms with Gasteiger partial charge in [-0.3, -0.25) is 0 Å². The van der Waals surface area contributed by atoms with Gasteiger partial charge in [-0.25, -0.2) is 9.97 Å². The molecule has 0 saturated carbocycles. The van der Waals surface area contributed by atoms with E-state index in [1.807, 2.05) is 50.2 Å². The van der Waals surface area contributed by atoms with Gasteiger partial charge in [-0.1, -0.05) is 42.1 Å². The molecule has 134 valence electrons. The van der Waals surface area contributed by atoms with Gasteiger partial charge in [0.2, 0.25) is 11.8 Å². The van der Waals surface area contributed by atoms with Gasteiger partial charge >= 0.3 is 0 Å². The van der Waals surface area contributed by atoms with E-state index in [1.54, 1.807) is 20.3 Å². The summed E-state index contributed by atoms with van der Waals surface area (Å²) in [5, 5.41) is 0.489. The van der Waals surface area contributed by atoms with Crippen molar-refractivity contribution in [2.75, 3.05) is 14.2 Å². The average Bonchev–Trinajstić information content (AvgIpc) is 2.65. The van der Waals surface area contributed by atoms with E-state index in [0.29, 0.717) is 22.7 Å². The van der Waals surface area contributed by atoms with Gasteiger partial charge < -0.3 is 9.47 Å². The quantitative estimate of drug-likeness (QED) is 0.484. The van der Waals surface area contributed by atoms with Gasteiger partial charge in [0.25, 0.3) is 0 Å². The Hall–Kier alpha value is -2.67. The summed E-state index contributed by atoms with van der Waals surface area (Å²) >= 11 is 1.50. The van der Waals surface area contributed by atoms with Gasteiger partial charge in [0.15, 0.2) is 11.0 Å². The molecule has 0 amide bonds. The van der Waals surface area contributed by atoms with Crippen LogP contribution < -0.4 is 9.47 Å². The highest BCUT2D eigenvalue weighted by atomic mass is 32.2. The maximum Gasteiger partial charge on any atom is 0.220 e. The molecule has 3 rings (SSSR count). The van der Waals surface area contributed by atoms with Crippen LogP contribution in [0.1, 0.15) is 28.0 Å². The molecule has 2 heterocycles. The van der Waals surface area contributed by atoms with Crippen molar-refractivity contribution < 1.29 is 9.47 Å². The Bertz CT molecular complexity index is 847. The highest BCUT2D eigenvalue weighted by Crippen LogP contribution is 2.38. The highest BCUT2D eigenvalue weighted by molar-refractivity contribution is 7.99. The van der Waals surface area contributed by atoms with Crippen LogP contribution in [-0.4, -0.2) is 34.2 Å². The van der Waals surface area contributed by atoms with Gasteiger partial charge in [-0.15, -0.1) is 0 Å². The lowest BCUT2D eigenvalue weighted by Crippen LogP contribution is -2.07. The summed E-state index contributed by atoms with van der Waals surface area (Å²) in [7, 11) is 3.15. The molecule has 0 spiro atoms. The number of hydrogen-bond acceptors (Lipinski definition) is 7. The summed E-state index contributed by atoms with van der Waals surface area (Å²) < 4.78 is 10.6. The van der Waals surface area contributed by atoms with Crippen molar-refractivity contribution in [2.24, 2.45) is 0 Å². The van der Waals surface area contributed by atoms with Crippen LogP contribution in [0.3, 0.4) is 0 Å². The Morgan fingerprint density at radius 3 is 1.92 bits per heavy atom. The zero-order valence-corrected chi connectivity index (χ0v) is 15.9. The molecule has 2 aromatic heterocycles. The number of rotatable bonds is 6. The van der Waals surface area contributed by atoms with E-state index >= 15 is 0 Å². The Morgan fingerprint density at radius 1 is 0.808 bits per heavy atom. The van der Waals surface area contributed by atoms with E-state index in [4.69, 9.17) is 9.47 Å². The van der Waals surface area contributed by atoms with Crippen molar-refractivity contribution in [1.82, 2.24) is 19.9 Å². The first-order chi connectivity index (χ1) is 12.6. The van der Waals surface area contributed by atoms with Crippen LogP contribution in [0, 0.1) is 13.8 Å². The lowest BCUT2D eigenvalue weighted by atomic mass is 10.1. The molecule has 0 N–H and O–H groups in total. The van der Waals surface area contributed by atoms with Crippen molar-refractivity contribution in [3.63, 3.8) is 0 Å². The van der Waals surface area contributed by atoms with Gasteiger partial charge in [-0.2, -0.15) is 9.97 Å². The Labute approximate surface area is 157 Å². The van der Waals surface area contributed by atoms with E-state index < -0.39 is 0 Å². The molecule has 0 unspecified atom stereocenters. The van der Waals surface area contributed by atoms with E-state index in [-0.39, 0.29) is 5.25 Å². The lowest BCUT2D eigenvalue weighted by molar-refractivity contribution is 0.368. The predicted molar refractivity (Wildman–Crippen MR) is 101 cm³/mol. The van der Waals surface area contributed by atoms with Crippen molar-refractivity contribution >= 4 is 11.8 Å². The number of ether oxygens (including phenoxy) is 2. The van der Waals surface area contributed by atoms with Gasteiger partial charge in [0, 0.05) is 11.4 Å². The molecular formula is C19H20N4O2S. The smallest absolute Gasteiger partial charge is 0.220 e. The van der Waals surface area contributed by atoms with Crippen molar-refractivity contribution in [3.8, 4) is 11.8 Å². The molecule has 0 fully saturated rings. The minimum Gasteiger partial charge on any atom is -0.481 e. The van der Waals surface area contributed by atoms with Crippen LogP contribution >= 0.6 is 11.8 Å². The molecule has 26 heavy (non-hydrogen) atoms. The summed E-state index contributed by atoms with van der Waals surface area (Å²) in [6, 6.07) is 13.6. The molecule has 0 bridgehead atoms. The molecule has 1 atom stereocenters. The Morgan fingerprint density at radius 2 is 1.38 bits per heavy atom. The molecule has 1 aromatic carbocycles. The SMILES string of the molecule is COc1cc(OC)nc([C@H](Sc2nc(C)cc(C)n2)c2ccccc2)n1. The summed E-state index contributed by atoms with van der Waals surface area (Å²) in [6.07, 6.45) is 0. The highest BCUT2D eigenvalue weighted by Gasteiger charge is 2.22. The van der Waals surface area contributed by atoms with Gasteiger partial charge in [-0.05, 0) is 25.5 Å². The zero-order chi connectivity index (χ0) is 18.5. The van der Waals surface area contributed by atoms with Crippen LogP contribution in [0.25, 0.3) is 0 Å². The van der Waals surface area contributed by atoms with Crippen LogP contribution in [0.2, 0.25) is 0 Å². The summed E-state index contributed by atoms with van der Waals surface area (Å²) in [4.78, 5) is 18.1. The first-order valence-electron chi connectivity index (χ1n) is 8.10. The van der Waals surface area contributed by atoms with Crippen molar-refractivity contribution in [3.05, 3.63) is 65.2 Å². The molecule has 3 aromatic rings. The van der Waals surface area contributed by atoms with Crippen molar-refractivity contribution in [2.45, 2.75) is 24.3 Å². The van der Waals surface area contributed by atoms with Crippen LogP contribution in [0.5, 0.6) is 11.8 Å². The summed E-state index contributed by atoms with van der Waals surface area (Å²) in [5.74, 6) is 1.49. The number of aromatic nitrogens is 4. The van der Waals surface area contributed by atoms with Crippen LogP contribution in [-0.2, 0) is 0 Å². The molecule has 0 aliphatic carbocycles. The number of aryl methyl sites for hydroxylation is 2. The molecular weight excluding hydrogens is 348 g/mol. The first kappa shape index (κ1) is 18.1. The molecule has 0 aliphatic rings. The van der Waals surface area contributed by atoms with Gasteiger partial charge in [0.1, 0.15) is 0 Å². The van der Waals surface area contributed by atoms with Crippen LogP contribution in [0.15, 0.2) is 47.6 Å². The largest absolute Gasteiger partial charge is 0.481 e. The number of methoxy groups -OCH3 is 2. The third-order valence-corrected chi connectivity index (χ3v) is 4.75. The number of benzene rings is 1. The summed E-state index contributed by atoms with van der Waals surface area (Å²) in [6.45, 7) is 3.92. The molecule has 6 nitrogen and oxygen atoms in total. The van der Waals surface area contributed by atoms with E-state index in [2.05, 4.69) is 19.9 Å². The number of thioether (sulfide) groups is 1. The normalized spacial score (nSPS) is 11.8. The monoisotopic (exact) mass is 368 g/mol. The predicted octanol–water partition coefficient (Wildman–Crippen LogP) is 3.78. The molecule has 0 saturated heterocycles. The van der Waals surface area contributed by atoms with Gasteiger partial charge in [0.05, 0.1) is 25.5 Å². The standard InChI is InChI=1S/C19H20N4O2S/c1-12-10-13(2)21-19(20-12)26-17(14-8-6-5-7-9-14)18-22-15(24-3)11-16(23-18)25-4/h5-11,17H,1-4H3/t17-/m1/s1. The minimum atomic E-state index is -0.193. The zero-order valence-electron chi connectivity index (χ0n) is 15.1. The number of hydrogen-bond donors (Lipinski definition) is 0. The second-order valence-electron chi connectivity index (χ2n) is 5.65. The topological polar surface area (TPSA) is 70.0 Å². The second-order valence-corrected chi connectivity index (χ2v) is 6.72. The molecule has 7 heteroatoms. The lowest BCUT2D eigenvalue weighted by Gasteiger charge is -2.16. The second kappa shape index (κ2) is 8.14. The Balaban J connectivity index is 2.07. The van der Waals surface area contributed by atoms with Crippen molar-refractivity contribution in [1.29, 1.82) is 0 Å². The maximum atomic E-state index is 5.30. The fourth-order valence-corrected chi connectivity index (χ4v) is 3.60. The number of nitrogens with zero attached hydrogens (tertiary/aromatic N) is 4. The third kappa shape index (κ3) is 4.29. The fourth-order valence-electron chi connectivity index (χ4n) is 2.50.